The zero-order valence-electron chi connectivity index (χ0n) is 12.5. The second-order valence-corrected chi connectivity index (χ2v) is 5.56. The molecule has 0 amide bonds. The third kappa shape index (κ3) is 3.58. The van der Waals surface area contributed by atoms with E-state index in [1.54, 1.807) is 6.07 Å². The third-order valence-electron chi connectivity index (χ3n) is 3.40. The summed E-state index contributed by atoms with van der Waals surface area (Å²) in [5.74, 6) is 1.01. The maximum atomic E-state index is 10.4. The van der Waals surface area contributed by atoms with Crippen molar-refractivity contribution in [3.05, 3.63) is 11.8 Å². The van der Waals surface area contributed by atoms with Crippen LogP contribution in [0, 0.1) is 6.92 Å². The highest BCUT2D eigenvalue weighted by molar-refractivity contribution is 5.31. The number of ether oxygens (including phenoxy) is 2. The van der Waals surface area contributed by atoms with E-state index in [0.717, 1.165) is 5.69 Å². The summed E-state index contributed by atoms with van der Waals surface area (Å²) in [7, 11) is 0. The van der Waals surface area contributed by atoms with Gasteiger partial charge < -0.3 is 19.9 Å². The Labute approximate surface area is 119 Å². The van der Waals surface area contributed by atoms with Crippen LogP contribution >= 0.6 is 0 Å². The van der Waals surface area contributed by atoms with E-state index in [9.17, 15) is 5.11 Å². The molecule has 2 N–H and O–H groups in total. The predicted molar refractivity (Wildman–Crippen MR) is 76.0 cm³/mol. The molecule has 1 aliphatic rings. The topological polar surface area (TPSA) is 76.5 Å². The lowest BCUT2D eigenvalue weighted by molar-refractivity contribution is -0.0177. The van der Waals surface area contributed by atoms with Crippen molar-refractivity contribution in [2.75, 3.05) is 18.5 Å². The van der Waals surface area contributed by atoms with Crippen molar-refractivity contribution < 1.29 is 14.6 Å². The van der Waals surface area contributed by atoms with E-state index in [-0.39, 0.29) is 12.2 Å². The number of nitrogens with zero attached hydrogens (tertiary/aromatic N) is 2. The largest absolute Gasteiger partial charge is 0.475 e. The van der Waals surface area contributed by atoms with Crippen LogP contribution in [0.15, 0.2) is 6.07 Å². The third-order valence-corrected chi connectivity index (χ3v) is 3.40. The lowest BCUT2D eigenvalue weighted by Gasteiger charge is -2.26. The van der Waals surface area contributed by atoms with Gasteiger partial charge in [-0.2, -0.15) is 4.98 Å². The van der Waals surface area contributed by atoms with Crippen LogP contribution < -0.4 is 10.1 Å². The molecule has 6 heteroatoms. The molecule has 0 spiro atoms. The van der Waals surface area contributed by atoms with Crippen LogP contribution in [0.2, 0.25) is 0 Å². The first-order chi connectivity index (χ1) is 9.39. The molecule has 1 fully saturated rings. The molecule has 1 saturated heterocycles. The molecule has 0 aromatic carbocycles. The standard InChI is InChI=1S/C14H23N3O3/c1-9(2)20-12-7-10(3)16-13(17-12)15-8-14(18)5-6-19-11(14)4/h7,9,11,18H,5-6,8H2,1-4H3,(H,15,16,17). The highest BCUT2D eigenvalue weighted by Gasteiger charge is 2.39. The van der Waals surface area contributed by atoms with E-state index in [1.165, 1.54) is 0 Å². The maximum Gasteiger partial charge on any atom is 0.226 e. The normalized spacial score (nSPS) is 26.0. The Bertz CT molecular complexity index is 467. The number of hydrogen-bond donors (Lipinski definition) is 2. The first kappa shape index (κ1) is 15.0. The van der Waals surface area contributed by atoms with Crippen molar-refractivity contribution in [3.8, 4) is 5.88 Å². The van der Waals surface area contributed by atoms with Gasteiger partial charge >= 0.3 is 0 Å². The molecule has 6 nitrogen and oxygen atoms in total. The van der Waals surface area contributed by atoms with Gasteiger partial charge in [0.25, 0.3) is 0 Å². The van der Waals surface area contributed by atoms with E-state index in [0.29, 0.717) is 31.4 Å². The minimum Gasteiger partial charge on any atom is -0.475 e. The molecule has 1 aromatic rings. The molecule has 0 saturated carbocycles. The molecule has 0 aliphatic carbocycles. The minimum absolute atomic E-state index is 0.0598. The Morgan fingerprint density at radius 1 is 1.55 bits per heavy atom. The number of aliphatic hydroxyl groups is 1. The molecular formula is C14H23N3O3. The van der Waals surface area contributed by atoms with Crippen molar-refractivity contribution in [1.82, 2.24) is 9.97 Å². The zero-order valence-corrected chi connectivity index (χ0v) is 12.5. The monoisotopic (exact) mass is 281 g/mol. The van der Waals surface area contributed by atoms with Crippen LogP contribution in [-0.4, -0.2) is 46.0 Å². The van der Waals surface area contributed by atoms with Crippen molar-refractivity contribution in [3.63, 3.8) is 0 Å². The summed E-state index contributed by atoms with van der Waals surface area (Å²) in [6.07, 6.45) is 0.485. The molecule has 2 atom stereocenters. The summed E-state index contributed by atoms with van der Waals surface area (Å²) in [5.41, 5.74) is -0.0486. The van der Waals surface area contributed by atoms with Crippen molar-refractivity contribution in [2.24, 2.45) is 0 Å². The van der Waals surface area contributed by atoms with Crippen LogP contribution in [0.4, 0.5) is 5.95 Å². The molecular weight excluding hydrogens is 258 g/mol. The summed E-state index contributed by atoms with van der Waals surface area (Å²) >= 11 is 0. The Kier molecular flexibility index (Phi) is 4.45. The summed E-state index contributed by atoms with van der Waals surface area (Å²) < 4.78 is 11.0. The highest BCUT2D eigenvalue weighted by Crippen LogP contribution is 2.26. The van der Waals surface area contributed by atoms with Gasteiger partial charge in [-0.1, -0.05) is 0 Å². The SMILES string of the molecule is Cc1cc(OC(C)C)nc(NCC2(O)CCOC2C)n1. The molecule has 2 heterocycles. The Morgan fingerprint density at radius 2 is 2.30 bits per heavy atom. The number of aromatic nitrogens is 2. The predicted octanol–water partition coefficient (Wildman–Crippen LogP) is 1.52. The fraction of sp³-hybridized carbons (Fsp3) is 0.714. The number of nitrogens with one attached hydrogen (secondary N) is 1. The minimum atomic E-state index is -0.869. The van der Waals surface area contributed by atoms with Crippen LogP contribution in [0.25, 0.3) is 0 Å². The van der Waals surface area contributed by atoms with Crippen molar-refractivity contribution >= 4 is 5.95 Å². The quantitative estimate of drug-likeness (QED) is 0.852. The van der Waals surface area contributed by atoms with Gasteiger partial charge in [0.15, 0.2) is 0 Å². The smallest absolute Gasteiger partial charge is 0.226 e. The first-order valence-electron chi connectivity index (χ1n) is 6.99. The van der Waals surface area contributed by atoms with E-state index >= 15 is 0 Å². The summed E-state index contributed by atoms with van der Waals surface area (Å²) in [5, 5.41) is 13.5. The van der Waals surface area contributed by atoms with Crippen LogP contribution in [0.1, 0.15) is 32.9 Å². The van der Waals surface area contributed by atoms with Crippen LogP contribution in [0.3, 0.4) is 0 Å². The molecule has 0 radical (unpaired) electrons. The van der Waals surface area contributed by atoms with Crippen molar-refractivity contribution in [2.45, 2.75) is 51.9 Å². The number of aryl methyl sites for hydroxylation is 1. The Hall–Kier alpha value is -1.40. The number of anilines is 1. The van der Waals surface area contributed by atoms with Gasteiger partial charge in [0.1, 0.15) is 5.60 Å². The number of rotatable bonds is 5. The van der Waals surface area contributed by atoms with Crippen LogP contribution in [-0.2, 0) is 4.74 Å². The van der Waals surface area contributed by atoms with Crippen LogP contribution in [0.5, 0.6) is 5.88 Å². The molecule has 1 aromatic heterocycles. The highest BCUT2D eigenvalue weighted by atomic mass is 16.5. The summed E-state index contributed by atoms with van der Waals surface area (Å²) in [6, 6.07) is 1.79. The molecule has 20 heavy (non-hydrogen) atoms. The van der Waals surface area contributed by atoms with Crippen molar-refractivity contribution in [1.29, 1.82) is 0 Å². The average molecular weight is 281 g/mol. The molecule has 2 rings (SSSR count). The lowest BCUT2D eigenvalue weighted by atomic mass is 9.97. The summed E-state index contributed by atoms with van der Waals surface area (Å²) in [6.45, 7) is 8.60. The number of hydrogen-bond acceptors (Lipinski definition) is 6. The average Bonchev–Trinajstić information content (AvgIpc) is 2.66. The van der Waals surface area contributed by atoms with Gasteiger partial charge in [-0.15, -0.1) is 0 Å². The van der Waals surface area contributed by atoms with E-state index in [1.807, 2.05) is 27.7 Å². The van der Waals surface area contributed by atoms with Gasteiger partial charge in [0.05, 0.1) is 12.2 Å². The Morgan fingerprint density at radius 3 is 2.90 bits per heavy atom. The zero-order chi connectivity index (χ0) is 14.8. The molecule has 1 aliphatic heterocycles. The molecule has 112 valence electrons. The molecule has 2 unspecified atom stereocenters. The van der Waals surface area contributed by atoms with Gasteiger partial charge in [-0.25, -0.2) is 4.98 Å². The van der Waals surface area contributed by atoms with E-state index in [4.69, 9.17) is 9.47 Å². The van der Waals surface area contributed by atoms with E-state index in [2.05, 4.69) is 15.3 Å². The fourth-order valence-corrected chi connectivity index (χ4v) is 2.16. The Balaban J connectivity index is 2.04. The second-order valence-electron chi connectivity index (χ2n) is 5.56. The maximum absolute atomic E-state index is 10.4. The fourth-order valence-electron chi connectivity index (χ4n) is 2.16. The van der Waals surface area contributed by atoms with Gasteiger partial charge in [-0.3, -0.25) is 0 Å². The second kappa shape index (κ2) is 5.93. The lowest BCUT2D eigenvalue weighted by Crippen LogP contribution is -2.43. The van der Waals surface area contributed by atoms with E-state index < -0.39 is 5.60 Å². The summed E-state index contributed by atoms with van der Waals surface area (Å²) in [4.78, 5) is 8.60. The first-order valence-corrected chi connectivity index (χ1v) is 6.99. The molecule has 0 bridgehead atoms. The van der Waals surface area contributed by atoms with Gasteiger partial charge in [0, 0.05) is 31.3 Å². The van der Waals surface area contributed by atoms with Gasteiger partial charge in [0.2, 0.25) is 11.8 Å². The van der Waals surface area contributed by atoms with Gasteiger partial charge in [-0.05, 0) is 27.7 Å².